The molecule has 15 atom stereocenters. The minimum Gasteiger partial charge on any atom is -0.394 e. The summed E-state index contributed by atoms with van der Waals surface area (Å²) in [4.78, 5) is 13.1. The van der Waals surface area contributed by atoms with Crippen molar-refractivity contribution < 1.29 is 54.8 Å². The van der Waals surface area contributed by atoms with Gasteiger partial charge in [0.05, 0.1) is 43.0 Å². The van der Waals surface area contributed by atoms with Gasteiger partial charge >= 0.3 is 0 Å². The fraction of sp³-hybridized carbons (Fsp3) is 0.962. The van der Waals surface area contributed by atoms with E-state index in [1.165, 1.54) is 0 Å². The molecule has 2 aliphatic carbocycles. The number of rotatable bonds is 11. The predicted molar refractivity (Wildman–Crippen MR) is 152 cm³/mol. The normalized spacial score (nSPS) is 49.7. The van der Waals surface area contributed by atoms with Crippen molar-refractivity contribution in [1.82, 2.24) is 10.6 Å². The minimum atomic E-state index is -1.73. The number of nitrogens with two attached hydrogens (primary N) is 5. The van der Waals surface area contributed by atoms with Crippen LogP contribution in [0.2, 0.25) is 0 Å². The molecule has 2 aliphatic heterocycles. The number of aliphatic hydroxyl groups excluding tert-OH is 6. The fourth-order valence-corrected chi connectivity index (χ4v) is 6.85. The Morgan fingerprint density at radius 1 is 0.932 bits per heavy atom. The Morgan fingerprint density at radius 3 is 2.20 bits per heavy atom. The molecule has 256 valence electrons. The molecule has 1 amide bonds. The molecule has 0 aromatic rings. The predicted octanol–water partition coefficient (Wildman–Crippen LogP) is -8.06. The maximum Gasteiger partial charge on any atom is 0.252 e. The summed E-state index contributed by atoms with van der Waals surface area (Å²) in [6.07, 6.45) is -12.9. The number of carbonyl (C=O) groups is 1. The first kappa shape index (κ1) is 35.7. The average Bonchev–Trinajstić information content (AvgIpc) is 2.97. The van der Waals surface area contributed by atoms with E-state index in [-0.39, 0.29) is 31.8 Å². The van der Waals surface area contributed by atoms with Crippen LogP contribution < -0.4 is 39.3 Å². The lowest BCUT2D eigenvalue weighted by Gasteiger charge is -2.53. The van der Waals surface area contributed by atoms with Gasteiger partial charge in [0.25, 0.3) is 5.91 Å². The van der Waals surface area contributed by atoms with Gasteiger partial charge in [0.15, 0.2) is 6.29 Å². The molecule has 0 aromatic heterocycles. The zero-order valence-electron chi connectivity index (χ0n) is 24.5. The Hall–Kier alpha value is -1.17. The van der Waals surface area contributed by atoms with Crippen molar-refractivity contribution >= 4 is 5.91 Å². The number of ether oxygens (including phenoxy) is 3. The topological polar surface area (TPSA) is 341 Å². The van der Waals surface area contributed by atoms with Crippen LogP contribution in [0.4, 0.5) is 0 Å². The van der Waals surface area contributed by atoms with Crippen molar-refractivity contribution in [2.45, 2.75) is 123 Å². The molecular weight excluding hydrogens is 586 g/mol. The Kier molecular flexibility index (Phi) is 11.9. The van der Waals surface area contributed by atoms with Crippen molar-refractivity contribution in [3.8, 4) is 0 Å². The molecule has 19 N–H and O–H groups in total. The van der Waals surface area contributed by atoms with Gasteiger partial charge in [0, 0.05) is 37.4 Å². The standard InChI is InChI=1S/C26H51N7O11/c27-2-1-3-32-16-21(39)18(36)12(7-28)42-23(16)14-10(30)4-11(33-25(40)26(41)5-9(29)6-26)22(19(14)37)44-24-20(38)15(31)17(35)13(8-34)43-24/h9-24,32,34-39,41H,1-8,27-31H2,(H,33,40)/t9?,10-,11+,12+,13+,14?,15-,16+,17+,18+,19-,20+,21+,22-,23+,24+,26?/m0/s1. The third kappa shape index (κ3) is 7.05. The Bertz CT molecular complexity index is 950. The second kappa shape index (κ2) is 14.7. The Balaban J connectivity index is 1.64. The molecule has 4 rings (SSSR count). The highest BCUT2D eigenvalue weighted by Crippen LogP contribution is 2.38. The highest BCUT2D eigenvalue weighted by atomic mass is 16.7. The van der Waals surface area contributed by atoms with E-state index in [1.807, 2.05) is 0 Å². The van der Waals surface area contributed by atoms with Gasteiger partial charge in [-0.15, -0.1) is 0 Å². The van der Waals surface area contributed by atoms with Crippen molar-refractivity contribution in [2.75, 3.05) is 26.2 Å². The quantitative estimate of drug-likeness (QED) is 0.0935. The lowest BCUT2D eigenvalue weighted by Crippen LogP contribution is -2.73. The van der Waals surface area contributed by atoms with Crippen molar-refractivity contribution in [3.63, 3.8) is 0 Å². The molecule has 4 fully saturated rings. The zero-order valence-corrected chi connectivity index (χ0v) is 24.5. The molecule has 4 aliphatic rings. The van der Waals surface area contributed by atoms with E-state index < -0.39 is 109 Å². The first-order valence-corrected chi connectivity index (χ1v) is 15.2. The summed E-state index contributed by atoms with van der Waals surface area (Å²) in [5, 5.41) is 80.9. The summed E-state index contributed by atoms with van der Waals surface area (Å²) < 4.78 is 17.8. The number of hydrogen-bond acceptors (Lipinski definition) is 17. The summed E-state index contributed by atoms with van der Waals surface area (Å²) in [5.41, 5.74) is 28.1. The molecule has 18 heteroatoms. The van der Waals surface area contributed by atoms with Gasteiger partial charge < -0.3 is 89.3 Å². The van der Waals surface area contributed by atoms with E-state index in [1.54, 1.807) is 0 Å². The third-order valence-corrected chi connectivity index (χ3v) is 9.47. The molecule has 2 heterocycles. The van der Waals surface area contributed by atoms with E-state index >= 15 is 0 Å². The number of hydrogen-bond donors (Lipinski definition) is 14. The van der Waals surface area contributed by atoms with Gasteiger partial charge in [-0.1, -0.05) is 0 Å². The van der Waals surface area contributed by atoms with Crippen LogP contribution in [0.3, 0.4) is 0 Å². The largest absolute Gasteiger partial charge is 0.394 e. The SMILES string of the molecule is NCCCN[C@@H]1[C@@H](O)[C@H](O)[C@@H](CN)O[C@@H]1C1[C@@H](N)C[C@@H](NC(=O)C2(O)CC(N)C2)[C@H](O[C@H]2O[C@H](CO)[C@@H](O)[C@H](N)[C@H]2O)[C@H]1O. The van der Waals surface area contributed by atoms with Crippen LogP contribution in [-0.2, 0) is 19.0 Å². The van der Waals surface area contributed by atoms with Crippen LogP contribution in [0.15, 0.2) is 0 Å². The highest BCUT2D eigenvalue weighted by Gasteiger charge is 2.57. The Labute approximate surface area is 255 Å². The number of aliphatic hydroxyl groups is 7. The summed E-state index contributed by atoms with van der Waals surface area (Å²) in [5.74, 6) is -1.74. The third-order valence-electron chi connectivity index (χ3n) is 9.47. The molecular formula is C26H51N7O11. The van der Waals surface area contributed by atoms with Crippen LogP contribution in [0, 0.1) is 5.92 Å². The fourth-order valence-electron chi connectivity index (χ4n) is 6.85. The first-order valence-electron chi connectivity index (χ1n) is 15.2. The van der Waals surface area contributed by atoms with Crippen molar-refractivity contribution in [2.24, 2.45) is 34.6 Å². The van der Waals surface area contributed by atoms with Gasteiger partial charge in [-0.25, -0.2) is 0 Å². The van der Waals surface area contributed by atoms with Crippen LogP contribution in [0.1, 0.15) is 25.7 Å². The zero-order chi connectivity index (χ0) is 32.5. The summed E-state index contributed by atoms with van der Waals surface area (Å²) in [6, 6.07) is -4.49. The number of amides is 1. The maximum atomic E-state index is 13.1. The molecule has 2 saturated heterocycles. The van der Waals surface area contributed by atoms with Crippen LogP contribution in [-0.4, -0.2) is 165 Å². The molecule has 0 bridgehead atoms. The summed E-state index contributed by atoms with van der Waals surface area (Å²) in [7, 11) is 0. The van der Waals surface area contributed by atoms with E-state index in [9.17, 15) is 40.5 Å². The molecule has 44 heavy (non-hydrogen) atoms. The number of carbonyl (C=O) groups excluding carboxylic acids is 1. The molecule has 0 spiro atoms. The molecule has 2 saturated carbocycles. The summed E-state index contributed by atoms with van der Waals surface area (Å²) in [6.45, 7) is -0.0972. The minimum absolute atomic E-state index is 0.0242. The Morgan fingerprint density at radius 2 is 1.61 bits per heavy atom. The van der Waals surface area contributed by atoms with Crippen LogP contribution >= 0.6 is 0 Å². The second-order valence-corrected chi connectivity index (χ2v) is 12.6. The molecule has 1 unspecified atom stereocenters. The average molecular weight is 638 g/mol. The van der Waals surface area contributed by atoms with E-state index in [2.05, 4.69) is 10.6 Å². The van der Waals surface area contributed by atoms with Gasteiger partial charge in [0.1, 0.15) is 42.2 Å². The smallest absolute Gasteiger partial charge is 0.252 e. The van der Waals surface area contributed by atoms with Gasteiger partial charge in [-0.3, -0.25) is 4.79 Å². The van der Waals surface area contributed by atoms with Gasteiger partial charge in [-0.05, 0) is 25.9 Å². The molecule has 0 aromatic carbocycles. The lowest BCUT2D eigenvalue weighted by molar-refractivity contribution is -0.308. The summed E-state index contributed by atoms with van der Waals surface area (Å²) >= 11 is 0. The van der Waals surface area contributed by atoms with E-state index in [0.29, 0.717) is 19.5 Å². The van der Waals surface area contributed by atoms with Crippen LogP contribution in [0.5, 0.6) is 0 Å². The van der Waals surface area contributed by atoms with Crippen molar-refractivity contribution in [3.05, 3.63) is 0 Å². The first-order chi connectivity index (χ1) is 20.8. The maximum absolute atomic E-state index is 13.1. The van der Waals surface area contributed by atoms with E-state index in [4.69, 9.17) is 42.9 Å². The van der Waals surface area contributed by atoms with Gasteiger partial charge in [0.2, 0.25) is 0 Å². The molecule has 0 radical (unpaired) electrons. The van der Waals surface area contributed by atoms with Crippen LogP contribution in [0.25, 0.3) is 0 Å². The highest BCUT2D eigenvalue weighted by molar-refractivity contribution is 5.86. The van der Waals surface area contributed by atoms with E-state index in [0.717, 1.165) is 0 Å². The second-order valence-electron chi connectivity index (χ2n) is 12.6. The molecule has 18 nitrogen and oxygen atoms in total. The number of nitrogens with one attached hydrogen (secondary N) is 2. The lowest BCUT2D eigenvalue weighted by atomic mass is 9.70. The van der Waals surface area contributed by atoms with Gasteiger partial charge in [-0.2, -0.15) is 0 Å². The van der Waals surface area contributed by atoms with Crippen molar-refractivity contribution in [1.29, 1.82) is 0 Å². The monoisotopic (exact) mass is 637 g/mol.